The van der Waals surface area contributed by atoms with Crippen molar-refractivity contribution in [1.82, 2.24) is 4.90 Å². The molecule has 0 atom stereocenters. The first-order valence-electron chi connectivity index (χ1n) is 7.92. The Morgan fingerprint density at radius 2 is 1.50 bits per heavy atom. The maximum Gasteiger partial charge on any atom is 0.119 e. The Hall–Kier alpha value is -2.83. The molecule has 0 saturated carbocycles. The molecule has 0 bridgehead atoms. The van der Waals surface area contributed by atoms with E-state index in [9.17, 15) is 0 Å². The number of nitriles is 1. The van der Waals surface area contributed by atoms with Crippen LogP contribution in [0.1, 0.15) is 16.7 Å². The van der Waals surface area contributed by atoms with Crippen molar-refractivity contribution in [2.75, 3.05) is 14.2 Å². The lowest BCUT2D eigenvalue weighted by molar-refractivity contribution is 0.319. The molecule has 0 fully saturated rings. The van der Waals surface area contributed by atoms with Gasteiger partial charge in [0.1, 0.15) is 5.75 Å². The molecule has 0 N–H and O–H groups in total. The molecule has 3 rings (SSSR count). The van der Waals surface area contributed by atoms with Crippen LogP contribution in [-0.4, -0.2) is 19.1 Å². The van der Waals surface area contributed by atoms with Crippen LogP contribution in [0.3, 0.4) is 0 Å². The third-order valence-electron chi connectivity index (χ3n) is 4.10. The Morgan fingerprint density at radius 3 is 2.21 bits per heavy atom. The van der Waals surface area contributed by atoms with Crippen molar-refractivity contribution in [3.8, 4) is 11.8 Å². The average Bonchev–Trinajstić information content (AvgIpc) is 2.61. The molecule has 0 heterocycles. The highest BCUT2D eigenvalue weighted by molar-refractivity contribution is 5.84. The first-order chi connectivity index (χ1) is 11.7. The van der Waals surface area contributed by atoms with Gasteiger partial charge in [-0.1, -0.05) is 30.3 Å². The van der Waals surface area contributed by atoms with Gasteiger partial charge in [-0.15, -0.1) is 0 Å². The predicted octanol–water partition coefficient (Wildman–Crippen LogP) is 4.35. The normalized spacial score (nSPS) is 10.8. The SMILES string of the molecule is COc1ccc2cc(CN(C)Cc3ccc(C#N)cc3)ccc2c1. The Labute approximate surface area is 142 Å². The zero-order valence-corrected chi connectivity index (χ0v) is 14.0. The van der Waals surface area contributed by atoms with Gasteiger partial charge in [-0.25, -0.2) is 0 Å². The van der Waals surface area contributed by atoms with E-state index in [0.29, 0.717) is 5.56 Å². The van der Waals surface area contributed by atoms with Crippen molar-refractivity contribution in [3.63, 3.8) is 0 Å². The van der Waals surface area contributed by atoms with Crippen molar-refractivity contribution in [3.05, 3.63) is 77.4 Å². The summed E-state index contributed by atoms with van der Waals surface area (Å²) in [7, 11) is 3.80. The number of hydrogen-bond donors (Lipinski definition) is 0. The third kappa shape index (κ3) is 3.73. The van der Waals surface area contributed by atoms with Gasteiger partial charge in [0, 0.05) is 13.1 Å². The van der Waals surface area contributed by atoms with Gasteiger partial charge in [0.25, 0.3) is 0 Å². The molecule has 24 heavy (non-hydrogen) atoms. The van der Waals surface area contributed by atoms with Gasteiger partial charge >= 0.3 is 0 Å². The predicted molar refractivity (Wildman–Crippen MR) is 96.8 cm³/mol. The molecular formula is C21H20N2O. The summed E-state index contributed by atoms with van der Waals surface area (Å²) in [6, 6.07) is 22.6. The molecule has 0 unspecified atom stereocenters. The minimum atomic E-state index is 0.700. The minimum Gasteiger partial charge on any atom is -0.497 e. The summed E-state index contributed by atoms with van der Waals surface area (Å²) in [5.74, 6) is 0.883. The molecule has 0 aliphatic rings. The summed E-state index contributed by atoms with van der Waals surface area (Å²) in [4.78, 5) is 2.27. The molecule has 3 aromatic carbocycles. The van der Waals surface area contributed by atoms with Crippen molar-refractivity contribution < 1.29 is 4.74 Å². The summed E-state index contributed by atoms with van der Waals surface area (Å²) in [5, 5.41) is 11.3. The molecule has 3 heteroatoms. The molecule has 0 saturated heterocycles. The summed E-state index contributed by atoms with van der Waals surface area (Å²) in [6.45, 7) is 1.73. The molecular weight excluding hydrogens is 296 g/mol. The summed E-state index contributed by atoms with van der Waals surface area (Å²) >= 11 is 0. The summed E-state index contributed by atoms with van der Waals surface area (Å²) in [6.07, 6.45) is 0. The van der Waals surface area contributed by atoms with Crippen molar-refractivity contribution in [2.45, 2.75) is 13.1 Å². The smallest absolute Gasteiger partial charge is 0.119 e. The first-order valence-corrected chi connectivity index (χ1v) is 7.92. The highest BCUT2D eigenvalue weighted by Crippen LogP contribution is 2.22. The molecule has 120 valence electrons. The van der Waals surface area contributed by atoms with Gasteiger partial charge in [0.05, 0.1) is 18.7 Å². The van der Waals surface area contributed by atoms with E-state index in [2.05, 4.69) is 48.3 Å². The van der Waals surface area contributed by atoms with E-state index in [-0.39, 0.29) is 0 Å². The van der Waals surface area contributed by atoms with E-state index in [0.717, 1.165) is 18.8 Å². The van der Waals surface area contributed by atoms with E-state index in [1.165, 1.54) is 21.9 Å². The van der Waals surface area contributed by atoms with Gasteiger partial charge < -0.3 is 4.74 Å². The molecule has 0 aliphatic carbocycles. The second kappa shape index (κ2) is 7.16. The van der Waals surface area contributed by atoms with Gasteiger partial charge in [-0.3, -0.25) is 4.90 Å². The fraction of sp³-hybridized carbons (Fsp3) is 0.190. The van der Waals surface area contributed by atoms with Crippen LogP contribution in [0.25, 0.3) is 10.8 Å². The van der Waals surface area contributed by atoms with Gasteiger partial charge in [-0.05, 0) is 59.3 Å². The Morgan fingerprint density at radius 1 is 0.875 bits per heavy atom. The zero-order chi connectivity index (χ0) is 16.9. The van der Waals surface area contributed by atoms with Gasteiger partial charge in [-0.2, -0.15) is 5.26 Å². The Bertz CT molecular complexity index is 878. The minimum absolute atomic E-state index is 0.700. The number of fused-ring (bicyclic) bond motifs is 1. The topological polar surface area (TPSA) is 36.3 Å². The van der Waals surface area contributed by atoms with Crippen LogP contribution >= 0.6 is 0 Å². The van der Waals surface area contributed by atoms with Crippen LogP contribution in [0, 0.1) is 11.3 Å². The first kappa shape index (κ1) is 16.0. The second-order valence-electron chi connectivity index (χ2n) is 6.03. The van der Waals surface area contributed by atoms with Crippen LogP contribution in [0.4, 0.5) is 0 Å². The van der Waals surface area contributed by atoms with Gasteiger partial charge in [0.15, 0.2) is 0 Å². The Kier molecular flexibility index (Phi) is 4.79. The monoisotopic (exact) mass is 316 g/mol. The van der Waals surface area contributed by atoms with Gasteiger partial charge in [0.2, 0.25) is 0 Å². The zero-order valence-electron chi connectivity index (χ0n) is 14.0. The van der Waals surface area contributed by atoms with Crippen LogP contribution in [-0.2, 0) is 13.1 Å². The largest absolute Gasteiger partial charge is 0.497 e. The van der Waals surface area contributed by atoms with E-state index in [1.54, 1.807) is 7.11 Å². The van der Waals surface area contributed by atoms with Crippen LogP contribution in [0.15, 0.2) is 60.7 Å². The van der Waals surface area contributed by atoms with Crippen LogP contribution in [0.5, 0.6) is 5.75 Å². The summed E-state index contributed by atoms with van der Waals surface area (Å²) in [5.41, 5.74) is 3.19. The molecule has 0 spiro atoms. The number of ether oxygens (including phenoxy) is 1. The quantitative estimate of drug-likeness (QED) is 0.702. The number of benzene rings is 3. The standard InChI is InChI=1S/C21H20N2O/c1-23(14-17-5-3-16(13-22)4-6-17)15-18-7-8-20-12-21(24-2)10-9-19(20)11-18/h3-12H,14-15H2,1-2H3. The van der Waals surface area contributed by atoms with E-state index >= 15 is 0 Å². The fourth-order valence-electron chi connectivity index (χ4n) is 2.86. The molecule has 3 aromatic rings. The molecule has 3 nitrogen and oxygen atoms in total. The third-order valence-corrected chi connectivity index (χ3v) is 4.10. The Balaban J connectivity index is 1.70. The van der Waals surface area contributed by atoms with Crippen molar-refractivity contribution in [2.24, 2.45) is 0 Å². The molecule has 0 aromatic heterocycles. The number of methoxy groups -OCH3 is 1. The highest BCUT2D eigenvalue weighted by atomic mass is 16.5. The van der Waals surface area contributed by atoms with E-state index in [4.69, 9.17) is 10.00 Å². The maximum absolute atomic E-state index is 8.86. The summed E-state index contributed by atoms with van der Waals surface area (Å²) < 4.78 is 5.27. The average molecular weight is 316 g/mol. The molecule has 0 amide bonds. The molecule has 0 radical (unpaired) electrons. The maximum atomic E-state index is 8.86. The van der Waals surface area contributed by atoms with E-state index in [1.807, 2.05) is 30.3 Å². The lowest BCUT2D eigenvalue weighted by Crippen LogP contribution is -2.17. The fourth-order valence-corrected chi connectivity index (χ4v) is 2.86. The number of rotatable bonds is 5. The second-order valence-corrected chi connectivity index (χ2v) is 6.03. The molecule has 0 aliphatic heterocycles. The van der Waals surface area contributed by atoms with Crippen LogP contribution in [0.2, 0.25) is 0 Å². The van der Waals surface area contributed by atoms with Crippen molar-refractivity contribution in [1.29, 1.82) is 5.26 Å². The lowest BCUT2D eigenvalue weighted by Gasteiger charge is -2.17. The lowest BCUT2D eigenvalue weighted by atomic mass is 10.1. The highest BCUT2D eigenvalue weighted by Gasteiger charge is 2.04. The van der Waals surface area contributed by atoms with Crippen molar-refractivity contribution >= 4 is 10.8 Å². The number of hydrogen-bond acceptors (Lipinski definition) is 3. The van der Waals surface area contributed by atoms with E-state index < -0.39 is 0 Å². The number of nitrogens with zero attached hydrogens (tertiary/aromatic N) is 2. The van der Waals surface area contributed by atoms with Crippen LogP contribution < -0.4 is 4.74 Å².